The number of hydrogen-bond acceptors (Lipinski definition) is 3. The lowest BCUT2D eigenvalue weighted by molar-refractivity contribution is -0.312. The van der Waals surface area contributed by atoms with Gasteiger partial charge in [-0.25, -0.2) is 9.78 Å². The van der Waals surface area contributed by atoms with Gasteiger partial charge in [0.2, 0.25) is 0 Å². The van der Waals surface area contributed by atoms with Crippen LogP contribution in [0.3, 0.4) is 0 Å². The smallest absolute Gasteiger partial charge is 0.0967 e. The first-order valence-corrected chi connectivity index (χ1v) is 4.29. The molecule has 1 N–H and O–H groups in total. The van der Waals surface area contributed by atoms with Gasteiger partial charge in [0.25, 0.3) is 0 Å². The van der Waals surface area contributed by atoms with E-state index in [-0.39, 0.29) is 5.34 Å². The molecule has 0 radical (unpaired) electrons. The van der Waals surface area contributed by atoms with Crippen LogP contribution in [0.2, 0.25) is 0 Å². The minimum absolute atomic E-state index is 0.194. The van der Waals surface area contributed by atoms with Crippen LogP contribution >= 0.6 is 23.2 Å². The molecule has 0 saturated carbocycles. The quantitative estimate of drug-likeness (QED) is 0.483. The first-order valence-electron chi connectivity index (χ1n) is 3.23. The maximum absolute atomic E-state index is 7.00. The number of aliphatic hydroxyl groups is 1. The van der Waals surface area contributed by atoms with E-state index in [0.29, 0.717) is 0 Å². The molecule has 0 unspecified atom stereocenters. The molecule has 11 heavy (non-hydrogen) atoms. The Kier molecular flexibility index (Phi) is 21.4. The van der Waals surface area contributed by atoms with E-state index in [4.69, 9.17) is 28.3 Å². The average molecular weight is 205 g/mol. The highest BCUT2D eigenvalue weighted by atomic mass is 35.5. The van der Waals surface area contributed by atoms with E-state index in [0.717, 1.165) is 33.2 Å². The van der Waals surface area contributed by atoms with Crippen molar-refractivity contribution in [1.29, 1.82) is 0 Å². The van der Waals surface area contributed by atoms with Crippen LogP contribution in [0.4, 0.5) is 0 Å². The second-order valence-electron chi connectivity index (χ2n) is 1.45. The van der Waals surface area contributed by atoms with E-state index in [1.54, 1.807) is 0 Å². The van der Waals surface area contributed by atoms with E-state index < -0.39 is 0 Å². The Balaban J connectivity index is 0. The average Bonchev–Trinajstić information content (AvgIpc) is 2.12. The molecule has 1 aliphatic heterocycles. The molecule has 1 aliphatic rings. The Morgan fingerprint density at radius 2 is 1.36 bits per heavy atom. The van der Waals surface area contributed by atoms with Gasteiger partial charge in [0, 0.05) is 7.11 Å². The van der Waals surface area contributed by atoms with E-state index in [2.05, 4.69) is 9.78 Å². The highest BCUT2D eigenvalue weighted by molar-refractivity contribution is 6.40. The standard InChI is InChI=1S/C4H8O2.CH2Cl2.CH4O/c1-2-4-6-5-3-1;2-1-3;1-2/h1-4H2;1H2;2H,1H3. The predicted molar refractivity (Wildman–Crippen MR) is 45.9 cm³/mol. The van der Waals surface area contributed by atoms with Gasteiger partial charge in [-0.15, -0.1) is 23.2 Å². The zero-order chi connectivity index (χ0) is 8.95. The van der Waals surface area contributed by atoms with Crippen LogP contribution in [0.1, 0.15) is 12.8 Å². The van der Waals surface area contributed by atoms with Crippen LogP contribution < -0.4 is 0 Å². The highest BCUT2D eigenvalue weighted by Gasteiger charge is 1.95. The lowest BCUT2D eigenvalue weighted by Gasteiger charge is -2.07. The molecule has 1 rings (SSSR count). The summed E-state index contributed by atoms with van der Waals surface area (Å²) in [7, 11) is 1.00. The zero-order valence-electron chi connectivity index (χ0n) is 6.56. The van der Waals surface area contributed by atoms with Crippen LogP contribution in [0.5, 0.6) is 0 Å². The number of alkyl halides is 2. The molecule has 0 bridgehead atoms. The van der Waals surface area contributed by atoms with Crippen LogP contribution in [-0.4, -0.2) is 30.8 Å². The van der Waals surface area contributed by atoms with Crippen LogP contribution in [0.25, 0.3) is 0 Å². The largest absolute Gasteiger partial charge is 0.400 e. The second-order valence-corrected chi connectivity index (χ2v) is 2.26. The molecule has 1 saturated heterocycles. The van der Waals surface area contributed by atoms with Gasteiger partial charge in [-0.05, 0) is 12.8 Å². The monoisotopic (exact) mass is 204 g/mol. The summed E-state index contributed by atoms with van der Waals surface area (Å²) in [5.41, 5.74) is 0. The third-order valence-electron chi connectivity index (χ3n) is 0.789. The molecule has 0 aliphatic carbocycles. The fourth-order valence-electron chi connectivity index (χ4n) is 0.440. The summed E-state index contributed by atoms with van der Waals surface area (Å²) < 4.78 is 0. The summed E-state index contributed by atoms with van der Waals surface area (Å²) >= 11 is 9.53. The maximum Gasteiger partial charge on any atom is 0.0967 e. The van der Waals surface area contributed by atoms with Crippen molar-refractivity contribution < 1.29 is 14.9 Å². The summed E-state index contributed by atoms with van der Waals surface area (Å²) in [6, 6.07) is 0. The molecule has 1 fully saturated rings. The van der Waals surface area contributed by atoms with Gasteiger partial charge in [0.05, 0.1) is 18.6 Å². The maximum atomic E-state index is 7.00. The SMILES string of the molecule is C1CCOOC1.CO.ClCCl. The number of aliphatic hydroxyl groups excluding tert-OH is 1. The fourth-order valence-corrected chi connectivity index (χ4v) is 0.440. The van der Waals surface area contributed by atoms with E-state index in [1.165, 1.54) is 0 Å². The molecule has 5 heteroatoms. The number of halogens is 2. The molecule has 0 aromatic rings. The molecular formula is C6H14Cl2O3. The Hall–Kier alpha value is 0.460. The Morgan fingerprint density at radius 3 is 1.45 bits per heavy atom. The predicted octanol–water partition coefficient (Wildman–Crippen LogP) is 1.76. The molecule has 70 valence electrons. The summed E-state index contributed by atoms with van der Waals surface area (Å²) in [6.07, 6.45) is 2.31. The highest BCUT2D eigenvalue weighted by Crippen LogP contribution is 1.97. The van der Waals surface area contributed by atoms with Crippen LogP contribution in [-0.2, 0) is 9.78 Å². The van der Waals surface area contributed by atoms with Gasteiger partial charge in [0.1, 0.15) is 0 Å². The Morgan fingerprint density at radius 1 is 1.09 bits per heavy atom. The van der Waals surface area contributed by atoms with Gasteiger partial charge in [-0.1, -0.05) is 0 Å². The fraction of sp³-hybridized carbons (Fsp3) is 1.00. The van der Waals surface area contributed by atoms with E-state index in [9.17, 15) is 0 Å². The third kappa shape index (κ3) is 17.9. The van der Waals surface area contributed by atoms with Crippen molar-refractivity contribution in [3.05, 3.63) is 0 Å². The van der Waals surface area contributed by atoms with Crippen molar-refractivity contribution >= 4 is 23.2 Å². The molecule has 1 heterocycles. The molecule has 0 spiro atoms. The van der Waals surface area contributed by atoms with E-state index in [1.807, 2.05) is 0 Å². The second kappa shape index (κ2) is 16.8. The molecule has 0 aromatic heterocycles. The van der Waals surface area contributed by atoms with Gasteiger partial charge >= 0.3 is 0 Å². The van der Waals surface area contributed by atoms with Crippen molar-refractivity contribution in [2.45, 2.75) is 12.8 Å². The van der Waals surface area contributed by atoms with Gasteiger partial charge in [-0.3, -0.25) is 0 Å². The Bertz CT molecular complexity index is 39.6. The van der Waals surface area contributed by atoms with Crippen molar-refractivity contribution in [1.82, 2.24) is 0 Å². The summed E-state index contributed by atoms with van der Waals surface area (Å²) in [5.74, 6) is 0. The zero-order valence-corrected chi connectivity index (χ0v) is 8.07. The summed E-state index contributed by atoms with van der Waals surface area (Å²) in [4.78, 5) is 9.14. The Labute approximate surface area is 77.1 Å². The van der Waals surface area contributed by atoms with Crippen molar-refractivity contribution in [2.24, 2.45) is 0 Å². The van der Waals surface area contributed by atoms with Gasteiger partial charge in [0.15, 0.2) is 0 Å². The summed E-state index contributed by atoms with van der Waals surface area (Å²) in [6.45, 7) is 1.56. The topological polar surface area (TPSA) is 38.7 Å². The van der Waals surface area contributed by atoms with Crippen molar-refractivity contribution in [2.75, 3.05) is 25.7 Å². The molecular weight excluding hydrogens is 191 g/mol. The molecule has 0 amide bonds. The third-order valence-corrected chi connectivity index (χ3v) is 0.789. The van der Waals surface area contributed by atoms with Crippen LogP contribution in [0, 0.1) is 0 Å². The van der Waals surface area contributed by atoms with Gasteiger partial charge in [-0.2, -0.15) is 0 Å². The number of rotatable bonds is 0. The summed E-state index contributed by atoms with van der Waals surface area (Å²) in [5, 5.41) is 7.19. The van der Waals surface area contributed by atoms with Gasteiger partial charge < -0.3 is 5.11 Å². The minimum atomic E-state index is 0.194. The minimum Gasteiger partial charge on any atom is -0.400 e. The number of hydrogen-bond donors (Lipinski definition) is 1. The first kappa shape index (κ1) is 14.0. The van der Waals surface area contributed by atoms with Crippen molar-refractivity contribution in [3.8, 4) is 0 Å². The van der Waals surface area contributed by atoms with Crippen molar-refractivity contribution in [3.63, 3.8) is 0 Å². The lowest BCUT2D eigenvalue weighted by atomic mass is 10.3. The van der Waals surface area contributed by atoms with Crippen LogP contribution in [0.15, 0.2) is 0 Å². The normalized spacial score (nSPS) is 15.3. The lowest BCUT2D eigenvalue weighted by Crippen LogP contribution is -2.05. The van der Waals surface area contributed by atoms with E-state index >= 15 is 0 Å². The first-order chi connectivity index (χ1) is 5.41. The molecule has 3 nitrogen and oxygen atoms in total. The molecule has 0 atom stereocenters. The molecule has 0 aromatic carbocycles.